The number of hydrogen-bond donors (Lipinski definition) is 2. The molecule has 2 N–H and O–H groups in total. The third kappa shape index (κ3) is 5.33. The zero-order valence-electron chi connectivity index (χ0n) is 16.2. The highest BCUT2D eigenvalue weighted by Crippen LogP contribution is 2.19. The van der Waals surface area contributed by atoms with E-state index >= 15 is 0 Å². The molecule has 1 aliphatic heterocycles. The predicted octanol–water partition coefficient (Wildman–Crippen LogP) is 3.63. The standard InChI is InChI=1S/C22H26N2O4/c1-15(2)28-17-11-9-16(10-12-17)21(25)24-20-8-4-3-7-19(20)22(26)23-14-18-6-5-13-27-18/h3-4,7-12,15,18H,5-6,13-14H2,1-2H3,(H,23,26)(H,24,25). The highest BCUT2D eigenvalue weighted by molar-refractivity contribution is 6.09. The summed E-state index contributed by atoms with van der Waals surface area (Å²) in [7, 11) is 0. The van der Waals surface area contributed by atoms with E-state index in [1.165, 1.54) is 0 Å². The van der Waals surface area contributed by atoms with Crippen molar-refractivity contribution < 1.29 is 19.1 Å². The second-order valence-corrected chi connectivity index (χ2v) is 7.04. The Hall–Kier alpha value is -2.86. The van der Waals surface area contributed by atoms with Gasteiger partial charge < -0.3 is 20.1 Å². The number of hydrogen-bond acceptors (Lipinski definition) is 4. The molecule has 1 fully saturated rings. The summed E-state index contributed by atoms with van der Waals surface area (Å²) in [6.07, 6.45) is 2.11. The van der Waals surface area contributed by atoms with E-state index in [1.54, 1.807) is 48.5 Å². The van der Waals surface area contributed by atoms with Gasteiger partial charge in [0.05, 0.1) is 23.5 Å². The van der Waals surface area contributed by atoms with E-state index < -0.39 is 0 Å². The zero-order chi connectivity index (χ0) is 19.9. The Kier molecular flexibility index (Phi) is 6.66. The van der Waals surface area contributed by atoms with Crippen LogP contribution >= 0.6 is 0 Å². The van der Waals surface area contributed by atoms with Crippen LogP contribution in [0.15, 0.2) is 48.5 Å². The van der Waals surface area contributed by atoms with Crippen LogP contribution in [-0.4, -0.2) is 37.2 Å². The number of nitrogens with one attached hydrogen (secondary N) is 2. The maximum Gasteiger partial charge on any atom is 0.255 e. The normalized spacial score (nSPS) is 16.0. The van der Waals surface area contributed by atoms with E-state index in [9.17, 15) is 9.59 Å². The van der Waals surface area contributed by atoms with Gasteiger partial charge in [-0.05, 0) is 63.1 Å². The molecule has 1 unspecified atom stereocenters. The van der Waals surface area contributed by atoms with Gasteiger partial charge in [0.25, 0.3) is 11.8 Å². The van der Waals surface area contributed by atoms with E-state index in [2.05, 4.69) is 10.6 Å². The van der Waals surface area contributed by atoms with Crippen LogP contribution in [0.2, 0.25) is 0 Å². The Morgan fingerprint density at radius 3 is 2.54 bits per heavy atom. The molecule has 0 bridgehead atoms. The smallest absolute Gasteiger partial charge is 0.255 e. The highest BCUT2D eigenvalue weighted by atomic mass is 16.5. The summed E-state index contributed by atoms with van der Waals surface area (Å²) in [5, 5.41) is 5.71. The molecule has 0 spiro atoms. The van der Waals surface area contributed by atoms with Crippen molar-refractivity contribution in [1.29, 1.82) is 0 Å². The number of amides is 2. The summed E-state index contributed by atoms with van der Waals surface area (Å²) in [6, 6.07) is 13.9. The lowest BCUT2D eigenvalue weighted by atomic mass is 10.1. The Balaban J connectivity index is 1.64. The summed E-state index contributed by atoms with van der Waals surface area (Å²) >= 11 is 0. The predicted molar refractivity (Wildman–Crippen MR) is 108 cm³/mol. The van der Waals surface area contributed by atoms with E-state index in [0.717, 1.165) is 19.4 Å². The van der Waals surface area contributed by atoms with Crippen molar-refractivity contribution in [2.24, 2.45) is 0 Å². The zero-order valence-corrected chi connectivity index (χ0v) is 16.2. The number of para-hydroxylation sites is 1. The lowest BCUT2D eigenvalue weighted by molar-refractivity contribution is 0.0858. The summed E-state index contributed by atoms with van der Waals surface area (Å²) in [5.41, 5.74) is 1.39. The SMILES string of the molecule is CC(C)Oc1ccc(C(=O)Nc2ccccc2C(=O)NCC2CCCO2)cc1. The molecule has 0 saturated carbocycles. The molecule has 2 aromatic rings. The van der Waals surface area contributed by atoms with Crippen LogP contribution in [0.5, 0.6) is 5.75 Å². The molecular weight excluding hydrogens is 356 g/mol. The monoisotopic (exact) mass is 382 g/mol. The second-order valence-electron chi connectivity index (χ2n) is 7.04. The van der Waals surface area contributed by atoms with E-state index in [0.29, 0.717) is 29.1 Å². The molecule has 0 aromatic heterocycles. The van der Waals surface area contributed by atoms with Gasteiger partial charge in [-0.25, -0.2) is 0 Å². The van der Waals surface area contributed by atoms with Crippen molar-refractivity contribution in [1.82, 2.24) is 5.32 Å². The Labute approximate surface area is 165 Å². The molecule has 0 radical (unpaired) electrons. The molecule has 1 atom stereocenters. The van der Waals surface area contributed by atoms with Gasteiger partial charge in [-0.2, -0.15) is 0 Å². The molecule has 3 rings (SSSR count). The molecule has 1 aliphatic rings. The molecular formula is C22H26N2O4. The van der Waals surface area contributed by atoms with Crippen molar-refractivity contribution in [2.75, 3.05) is 18.5 Å². The van der Waals surface area contributed by atoms with E-state index in [-0.39, 0.29) is 24.0 Å². The first kappa shape index (κ1) is 19.9. The van der Waals surface area contributed by atoms with Crippen molar-refractivity contribution in [3.05, 3.63) is 59.7 Å². The third-order valence-electron chi connectivity index (χ3n) is 4.42. The maximum atomic E-state index is 12.6. The number of anilines is 1. The molecule has 28 heavy (non-hydrogen) atoms. The van der Waals surface area contributed by atoms with E-state index in [4.69, 9.17) is 9.47 Å². The number of carbonyl (C=O) groups excluding carboxylic acids is 2. The van der Waals surface area contributed by atoms with Gasteiger partial charge in [0.2, 0.25) is 0 Å². The first-order chi connectivity index (χ1) is 13.5. The first-order valence-electron chi connectivity index (χ1n) is 9.60. The van der Waals surface area contributed by atoms with Gasteiger partial charge in [0.1, 0.15) is 5.75 Å². The lowest BCUT2D eigenvalue weighted by Crippen LogP contribution is -2.32. The van der Waals surface area contributed by atoms with Crippen molar-refractivity contribution in [3.63, 3.8) is 0 Å². The van der Waals surface area contributed by atoms with Crippen LogP contribution in [0.4, 0.5) is 5.69 Å². The molecule has 1 saturated heterocycles. The van der Waals surface area contributed by atoms with Crippen LogP contribution in [0.3, 0.4) is 0 Å². The van der Waals surface area contributed by atoms with Crippen molar-refractivity contribution in [2.45, 2.75) is 38.9 Å². The quantitative estimate of drug-likeness (QED) is 0.767. The van der Waals surface area contributed by atoms with E-state index in [1.807, 2.05) is 13.8 Å². The van der Waals surface area contributed by atoms with Gasteiger partial charge in [0, 0.05) is 18.7 Å². The first-order valence-corrected chi connectivity index (χ1v) is 9.60. The summed E-state index contributed by atoms with van der Waals surface area (Å²) in [6.45, 7) is 5.11. The molecule has 2 aromatic carbocycles. The van der Waals surface area contributed by atoms with Gasteiger partial charge in [-0.15, -0.1) is 0 Å². The minimum atomic E-state index is -0.282. The second kappa shape index (κ2) is 9.37. The highest BCUT2D eigenvalue weighted by Gasteiger charge is 2.18. The van der Waals surface area contributed by atoms with Gasteiger partial charge in [-0.3, -0.25) is 9.59 Å². The number of benzene rings is 2. The van der Waals surface area contributed by atoms with Gasteiger partial charge in [0.15, 0.2) is 0 Å². The molecule has 6 nitrogen and oxygen atoms in total. The fraction of sp³-hybridized carbons (Fsp3) is 0.364. The average molecular weight is 382 g/mol. The Bertz CT molecular complexity index is 812. The molecule has 6 heteroatoms. The van der Waals surface area contributed by atoms with Crippen molar-refractivity contribution in [3.8, 4) is 5.75 Å². The largest absolute Gasteiger partial charge is 0.491 e. The molecule has 148 valence electrons. The Morgan fingerprint density at radius 1 is 1.11 bits per heavy atom. The van der Waals surface area contributed by atoms with Crippen LogP contribution in [0.25, 0.3) is 0 Å². The van der Waals surface area contributed by atoms with Crippen LogP contribution in [0, 0.1) is 0 Å². The fourth-order valence-electron chi connectivity index (χ4n) is 3.05. The number of rotatable bonds is 7. The summed E-state index contributed by atoms with van der Waals surface area (Å²) in [4.78, 5) is 25.1. The summed E-state index contributed by atoms with van der Waals surface area (Å²) < 4.78 is 11.1. The topological polar surface area (TPSA) is 76.7 Å². The molecule has 1 heterocycles. The lowest BCUT2D eigenvalue weighted by Gasteiger charge is -2.14. The number of ether oxygens (including phenoxy) is 2. The number of carbonyl (C=O) groups is 2. The Morgan fingerprint density at radius 2 is 1.86 bits per heavy atom. The van der Waals surface area contributed by atoms with Crippen molar-refractivity contribution >= 4 is 17.5 Å². The molecule has 0 aliphatic carbocycles. The minimum absolute atomic E-state index is 0.0669. The van der Waals surface area contributed by atoms with Crippen LogP contribution in [0.1, 0.15) is 47.4 Å². The van der Waals surface area contributed by atoms with Crippen LogP contribution in [-0.2, 0) is 4.74 Å². The van der Waals surface area contributed by atoms with Gasteiger partial charge >= 0.3 is 0 Å². The minimum Gasteiger partial charge on any atom is -0.491 e. The maximum absolute atomic E-state index is 12.6. The molecule has 2 amide bonds. The fourth-order valence-corrected chi connectivity index (χ4v) is 3.05. The van der Waals surface area contributed by atoms with Crippen LogP contribution < -0.4 is 15.4 Å². The summed E-state index contributed by atoms with van der Waals surface area (Å²) in [5.74, 6) is 0.197. The average Bonchev–Trinajstić information content (AvgIpc) is 3.20. The van der Waals surface area contributed by atoms with Gasteiger partial charge in [-0.1, -0.05) is 12.1 Å². The third-order valence-corrected chi connectivity index (χ3v) is 4.42.